The van der Waals surface area contributed by atoms with Crippen LogP contribution in [0.5, 0.6) is 0 Å². The van der Waals surface area contributed by atoms with Crippen molar-refractivity contribution in [3.8, 4) is 0 Å². The third-order valence-electron chi connectivity index (χ3n) is 4.03. The molecule has 2 heterocycles. The molecule has 1 aliphatic heterocycles. The molecule has 0 bridgehead atoms. The van der Waals surface area contributed by atoms with E-state index in [0.29, 0.717) is 49.4 Å². The van der Waals surface area contributed by atoms with Gasteiger partial charge in [-0.2, -0.15) is 0 Å². The fraction of sp³-hybridized carbons (Fsp3) is 0.438. The second-order valence-electron chi connectivity index (χ2n) is 5.56. The third kappa shape index (κ3) is 3.72. The van der Waals surface area contributed by atoms with Gasteiger partial charge in [-0.25, -0.2) is 9.78 Å². The number of piperazine rings is 1. The largest absolute Gasteiger partial charge is 0.452 e. The van der Waals surface area contributed by atoms with E-state index >= 15 is 0 Å². The van der Waals surface area contributed by atoms with E-state index in [-0.39, 0.29) is 19.1 Å². The molecule has 0 aliphatic carbocycles. The number of nitrogens with zero attached hydrogens (tertiary/aromatic N) is 3. The maximum absolute atomic E-state index is 12.1. The SMILES string of the molecule is O=C(OCC(=O)N1CCN(CCO)CC1)c1ccc2ncoc2c1. The molecule has 1 fully saturated rings. The Balaban J connectivity index is 1.49. The number of aromatic nitrogens is 1. The maximum atomic E-state index is 12.1. The lowest BCUT2D eigenvalue weighted by atomic mass is 10.2. The van der Waals surface area contributed by atoms with Crippen molar-refractivity contribution in [2.24, 2.45) is 0 Å². The minimum atomic E-state index is -0.569. The predicted molar refractivity (Wildman–Crippen MR) is 84.4 cm³/mol. The Bertz CT molecular complexity index is 721. The van der Waals surface area contributed by atoms with E-state index in [1.165, 1.54) is 6.39 Å². The Kier molecular flexibility index (Phi) is 5.07. The minimum absolute atomic E-state index is 0.112. The van der Waals surface area contributed by atoms with Crippen molar-refractivity contribution in [1.82, 2.24) is 14.8 Å². The zero-order valence-corrected chi connectivity index (χ0v) is 13.2. The first-order valence-corrected chi connectivity index (χ1v) is 7.79. The molecule has 2 aromatic rings. The summed E-state index contributed by atoms with van der Waals surface area (Å²) in [7, 11) is 0. The molecule has 3 rings (SSSR count). The average Bonchev–Trinajstić information content (AvgIpc) is 3.08. The van der Waals surface area contributed by atoms with Crippen molar-refractivity contribution in [1.29, 1.82) is 0 Å². The van der Waals surface area contributed by atoms with Gasteiger partial charge >= 0.3 is 5.97 Å². The summed E-state index contributed by atoms with van der Waals surface area (Å²) in [4.78, 5) is 31.9. The lowest BCUT2D eigenvalue weighted by Gasteiger charge is -2.34. The number of hydrogen-bond donors (Lipinski definition) is 1. The van der Waals surface area contributed by atoms with Gasteiger partial charge in [-0.15, -0.1) is 0 Å². The zero-order valence-electron chi connectivity index (χ0n) is 13.2. The topological polar surface area (TPSA) is 96.1 Å². The monoisotopic (exact) mass is 333 g/mol. The summed E-state index contributed by atoms with van der Waals surface area (Å²) in [5.41, 5.74) is 1.47. The van der Waals surface area contributed by atoms with E-state index < -0.39 is 5.97 Å². The van der Waals surface area contributed by atoms with Crippen molar-refractivity contribution < 1.29 is 23.8 Å². The van der Waals surface area contributed by atoms with Crippen molar-refractivity contribution in [3.63, 3.8) is 0 Å². The van der Waals surface area contributed by atoms with Gasteiger partial charge in [-0.1, -0.05) is 0 Å². The number of oxazole rings is 1. The van der Waals surface area contributed by atoms with Crippen LogP contribution in [-0.4, -0.2) is 77.7 Å². The Morgan fingerprint density at radius 3 is 2.79 bits per heavy atom. The lowest BCUT2D eigenvalue weighted by Crippen LogP contribution is -2.50. The number of ether oxygens (including phenoxy) is 1. The lowest BCUT2D eigenvalue weighted by molar-refractivity contribution is -0.136. The van der Waals surface area contributed by atoms with E-state index in [1.807, 2.05) is 0 Å². The highest BCUT2D eigenvalue weighted by atomic mass is 16.5. The van der Waals surface area contributed by atoms with Gasteiger partial charge in [0.2, 0.25) is 0 Å². The van der Waals surface area contributed by atoms with Gasteiger partial charge in [0.1, 0.15) is 5.52 Å². The van der Waals surface area contributed by atoms with Gasteiger partial charge in [0, 0.05) is 32.7 Å². The molecule has 1 N–H and O–H groups in total. The van der Waals surface area contributed by atoms with Gasteiger partial charge in [0.05, 0.1) is 12.2 Å². The number of β-amino-alcohol motifs (C(OH)–C–C–N with tert-alkyl or cyclic N) is 1. The fourth-order valence-corrected chi connectivity index (χ4v) is 2.65. The number of fused-ring (bicyclic) bond motifs is 1. The number of carbonyl (C=O) groups excluding carboxylic acids is 2. The Hall–Kier alpha value is -2.45. The molecule has 1 aromatic heterocycles. The summed E-state index contributed by atoms with van der Waals surface area (Å²) in [6.45, 7) is 3.00. The normalized spacial score (nSPS) is 15.6. The quantitative estimate of drug-likeness (QED) is 0.776. The van der Waals surface area contributed by atoms with Crippen LogP contribution in [0.1, 0.15) is 10.4 Å². The predicted octanol–water partition coefficient (Wildman–Crippen LogP) is 0.121. The molecular weight excluding hydrogens is 314 g/mol. The molecule has 0 saturated carbocycles. The number of carbonyl (C=O) groups is 2. The second-order valence-corrected chi connectivity index (χ2v) is 5.56. The highest BCUT2D eigenvalue weighted by molar-refractivity contribution is 5.94. The van der Waals surface area contributed by atoms with Crippen LogP contribution in [0.2, 0.25) is 0 Å². The van der Waals surface area contributed by atoms with E-state index in [4.69, 9.17) is 14.3 Å². The molecule has 8 nitrogen and oxygen atoms in total. The molecule has 1 aliphatic rings. The van der Waals surface area contributed by atoms with Crippen LogP contribution >= 0.6 is 0 Å². The van der Waals surface area contributed by atoms with E-state index in [9.17, 15) is 9.59 Å². The fourth-order valence-electron chi connectivity index (χ4n) is 2.65. The number of hydrogen-bond acceptors (Lipinski definition) is 7. The van der Waals surface area contributed by atoms with Gasteiger partial charge < -0.3 is 19.2 Å². The maximum Gasteiger partial charge on any atom is 0.338 e. The molecule has 0 atom stereocenters. The van der Waals surface area contributed by atoms with Gasteiger partial charge in [-0.3, -0.25) is 9.69 Å². The van der Waals surface area contributed by atoms with Crippen LogP contribution in [-0.2, 0) is 9.53 Å². The molecule has 1 saturated heterocycles. The van der Waals surface area contributed by atoms with Crippen LogP contribution in [0, 0.1) is 0 Å². The van der Waals surface area contributed by atoms with Gasteiger partial charge in [-0.05, 0) is 18.2 Å². The summed E-state index contributed by atoms with van der Waals surface area (Å²) < 4.78 is 10.2. The summed E-state index contributed by atoms with van der Waals surface area (Å²) in [5, 5.41) is 8.91. The van der Waals surface area contributed by atoms with E-state index in [0.717, 1.165) is 0 Å². The van der Waals surface area contributed by atoms with E-state index in [2.05, 4.69) is 9.88 Å². The highest BCUT2D eigenvalue weighted by Crippen LogP contribution is 2.15. The smallest absolute Gasteiger partial charge is 0.338 e. The number of rotatable bonds is 5. The first kappa shape index (κ1) is 16.4. The van der Waals surface area contributed by atoms with Crippen molar-refractivity contribution in [2.75, 3.05) is 45.9 Å². The molecule has 0 spiro atoms. The number of aliphatic hydroxyl groups is 1. The molecule has 1 aromatic carbocycles. The Morgan fingerprint density at radius 2 is 2.04 bits per heavy atom. The molecular formula is C16H19N3O5. The summed E-state index contributed by atoms with van der Waals surface area (Å²) in [6, 6.07) is 4.80. The second kappa shape index (κ2) is 7.41. The van der Waals surface area contributed by atoms with E-state index in [1.54, 1.807) is 23.1 Å². The number of amides is 1. The van der Waals surface area contributed by atoms with Gasteiger partial charge in [0.25, 0.3) is 5.91 Å². The van der Waals surface area contributed by atoms with Crippen molar-refractivity contribution in [2.45, 2.75) is 0 Å². The highest BCUT2D eigenvalue weighted by Gasteiger charge is 2.22. The van der Waals surface area contributed by atoms with Crippen molar-refractivity contribution >= 4 is 23.0 Å². The molecule has 8 heteroatoms. The number of esters is 1. The summed E-state index contributed by atoms with van der Waals surface area (Å²) in [5.74, 6) is -0.784. The average molecular weight is 333 g/mol. The number of aliphatic hydroxyl groups excluding tert-OH is 1. The van der Waals surface area contributed by atoms with Crippen LogP contribution in [0.4, 0.5) is 0 Å². The number of benzene rings is 1. The zero-order chi connectivity index (χ0) is 16.9. The molecule has 1 amide bonds. The van der Waals surface area contributed by atoms with Crippen molar-refractivity contribution in [3.05, 3.63) is 30.2 Å². The Labute approximate surface area is 138 Å². The first-order valence-electron chi connectivity index (χ1n) is 7.79. The first-order chi connectivity index (χ1) is 11.7. The Morgan fingerprint density at radius 1 is 1.25 bits per heavy atom. The molecule has 0 unspecified atom stereocenters. The molecule has 24 heavy (non-hydrogen) atoms. The van der Waals surface area contributed by atoms with Crippen LogP contribution in [0.25, 0.3) is 11.1 Å². The standard InChI is InChI=1S/C16H19N3O5/c20-8-7-18-3-5-19(6-4-18)15(21)10-23-16(22)12-1-2-13-14(9-12)24-11-17-13/h1-2,9,11,20H,3-8,10H2. The van der Waals surface area contributed by atoms with Crippen LogP contribution in [0.3, 0.4) is 0 Å². The summed E-state index contributed by atoms with van der Waals surface area (Å²) in [6.07, 6.45) is 1.31. The minimum Gasteiger partial charge on any atom is -0.452 e. The van der Waals surface area contributed by atoms with Gasteiger partial charge in [0.15, 0.2) is 18.6 Å². The van der Waals surface area contributed by atoms with Crippen LogP contribution < -0.4 is 0 Å². The third-order valence-corrected chi connectivity index (χ3v) is 4.03. The molecule has 0 radical (unpaired) electrons. The molecule has 128 valence electrons. The summed E-state index contributed by atoms with van der Waals surface area (Å²) >= 11 is 0. The van der Waals surface area contributed by atoms with Crippen LogP contribution in [0.15, 0.2) is 29.0 Å².